The zero-order chi connectivity index (χ0) is 15.8. The number of rotatable bonds is 8. The van der Waals surface area contributed by atoms with E-state index in [0.717, 1.165) is 24.4 Å². The highest BCUT2D eigenvalue weighted by Gasteiger charge is 2.14. The van der Waals surface area contributed by atoms with Crippen molar-refractivity contribution in [1.82, 2.24) is 5.32 Å². The van der Waals surface area contributed by atoms with Crippen LogP contribution in [0.1, 0.15) is 44.1 Å². The van der Waals surface area contributed by atoms with Crippen molar-refractivity contribution >= 4 is 5.91 Å². The molecule has 22 heavy (non-hydrogen) atoms. The molecule has 4 nitrogen and oxygen atoms in total. The zero-order valence-electron chi connectivity index (χ0n) is 13.7. The number of ether oxygens (including phenoxy) is 2. The van der Waals surface area contributed by atoms with Gasteiger partial charge in [-0.25, -0.2) is 0 Å². The van der Waals surface area contributed by atoms with Gasteiger partial charge in [0.05, 0.1) is 7.11 Å². The fourth-order valence-electron chi connectivity index (χ4n) is 3.01. The van der Waals surface area contributed by atoms with Gasteiger partial charge >= 0.3 is 0 Å². The number of carbonyl (C=O) groups is 1. The molecule has 0 atom stereocenters. The molecular formula is C18H27NO3. The lowest BCUT2D eigenvalue weighted by atomic mass is 10.0. The molecule has 0 aliphatic heterocycles. The molecule has 0 unspecified atom stereocenters. The van der Waals surface area contributed by atoms with Crippen LogP contribution in [0.3, 0.4) is 0 Å². The number of benzene rings is 1. The second-order valence-corrected chi connectivity index (χ2v) is 6.09. The lowest BCUT2D eigenvalue weighted by molar-refractivity contribution is -0.123. The summed E-state index contributed by atoms with van der Waals surface area (Å²) in [5.41, 5.74) is 1.10. The highest BCUT2D eigenvalue weighted by atomic mass is 16.5. The van der Waals surface area contributed by atoms with Gasteiger partial charge in [-0.05, 0) is 43.4 Å². The minimum atomic E-state index is -0.0750. The van der Waals surface area contributed by atoms with E-state index in [1.807, 2.05) is 25.1 Å². The van der Waals surface area contributed by atoms with Gasteiger partial charge < -0.3 is 14.8 Å². The molecule has 1 aromatic carbocycles. The van der Waals surface area contributed by atoms with Crippen molar-refractivity contribution in [3.05, 3.63) is 23.8 Å². The minimum Gasteiger partial charge on any atom is -0.493 e. The van der Waals surface area contributed by atoms with Crippen molar-refractivity contribution in [1.29, 1.82) is 0 Å². The van der Waals surface area contributed by atoms with Gasteiger partial charge in [0.1, 0.15) is 0 Å². The third kappa shape index (κ3) is 5.24. The number of hydrogen-bond acceptors (Lipinski definition) is 3. The molecule has 0 radical (unpaired) electrons. The molecular weight excluding hydrogens is 278 g/mol. The number of methoxy groups -OCH3 is 1. The second kappa shape index (κ2) is 8.66. The highest BCUT2D eigenvalue weighted by molar-refractivity contribution is 5.77. The van der Waals surface area contributed by atoms with E-state index in [0.29, 0.717) is 11.5 Å². The number of hydrogen-bond donors (Lipinski definition) is 1. The topological polar surface area (TPSA) is 47.6 Å². The van der Waals surface area contributed by atoms with Crippen LogP contribution in [0, 0.1) is 12.8 Å². The average Bonchev–Trinajstić information content (AvgIpc) is 3.03. The summed E-state index contributed by atoms with van der Waals surface area (Å²) < 4.78 is 10.8. The molecule has 1 saturated carbocycles. The summed E-state index contributed by atoms with van der Waals surface area (Å²) in [6.45, 7) is 2.76. The molecule has 1 N–H and O–H groups in total. The SMILES string of the molecule is COc1cc(C)ccc1OCC(=O)NCCCC1CCCC1. The smallest absolute Gasteiger partial charge is 0.257 e. The van der Waals surface area contributed by atoms with Gasteiger partial charge in [0, 0.05) is 6.54 Å². The van der Waals surface area contributed by atoms with Crippen LogP contribution >= 0.6 is 0 Å². The molecule has 1 aliphatic rings. The summed E-state index contributed by atoms with van der Waals surface area (Å²) in [5.74, 6) is 2.07. The van der Waals surface area contributed by atoms with Crippen molar-refractivity contribution < 1.29 is 14.3 Å². The number of aryl methyl sites for hydroxylation is 1. The Balaban J connectivity index is 1.64. The van der Waals surface area contributed by atoms with Crippen LogP contribution in [0.5, 0.6) is 11.5 Å². The normalized spacial score (nSPS) is 14.8. The van der Waals surface area contributed by atoms with Crippen molar-refractivity contribution in [3.63, 3.8) is 0 Å². The Labute approximate surface area is 133 Å². The van der Waals surface area contributed by atoms with E-state index in [1.165, 1.54) is 32.1 Å². The van der Waals surface area contributed by atoms with Gasteiger partial charge in [-0.15, -0.1) is 0 Å². The van der Waals surface area contributed by atoms with Crippen molar-refractivity contribution in [2.45, 2.75) is 45.4 Å². The molecule has 0 heterocycles. The summed E-state index contributed by atoms with van der Waals surface area (Å²) in [5, 5.41) is 2.92. The first-order valence-electron chi connectivity index (χ1n) is 8.23. The van der Waals surface area contributed by atoms with E-state index in [1.54, 1.807) is 7.11 Å². The fourth-order valence-corrected chi connectivity index (χ4v) is 3.01. The quantitative estimate of drug-likeness (QED) is 0.748. The van der Waals surface area contributed by atoms with Crippen LogP contribution in [-0.4, -0.2) is 26.2 Å². The molecule has 1 amide bonds. The van der Waals surface area contributed by atoms with Gasteiger partial charge in [-0.1, -0.05) is 31.7 Å². The molecule has 122 valence electrons. The van der Waals surface area contributed by atoms with Crippen molar-refractivity contribution in [3.8, 4) is 11.5 Å². The maximum absolute atomic E-state index is 11.8. The first-order valence-corrected chi connectivity index (χ1v) is 8.23. The van der Waals surface area contributed by atoms with Crippen LogP contribution in [0.4, 0.5) is 0 Å². The first kappa shape index (κ1) is 16.7. The minimum absolute atomic E-state index is 0.0306. The summed E-state index contributed by atoms with van der Waals surface area (Å²) in [7, 11) is 1.60. The van der Waals surface area contributed by atoms with Crippen LogP contribution in [0.15, 0.2) is 18.2 Å². The first-order chi connectivity index (χ1) is 10.7. The predicted molar refractivity (Wildman–Crippen MR) is 87.4 cm³/mol. The maximum Gasteiger partial charge on any atom is 0.257 e. The second-order valence-electron chi connectivity index (χ2n) is 6.09. The molecule has 4 heteroatoms. The Morgan fingerprint density at radius 2 is 2.05 bits per heavy atom. The highest BCUT2D eigenvalue weighted by Crippen LogP contribution is 2.28. The maximum atomic E-state index is 11.8. The Hall–Kier alpha value is -1.71. The van der Waals surface area contributed by atoms with Crippen molar-refractivity contribution in [2.24, 2.45) is 5.92 Å². The van der Waals surface area contributed by atoms with E-state index in [-0.39, 0.29) is 12.5 Å². The standard InChI is InChI=1S/C18H27NO3/c1-14-9-10-16(17(12-14)21-2)22-13-18(20)19-11-5-8-15-6-3-4-7-15/h9-10,12,15H,3-8,11,13H2,1-2H3,(H,19,20). The van der Waals surface area contributed by atoms with Gasteiger partial charge in [0.15, 0.2) is 18.1 Å². The Bertz CT molecular complexity index is 481. The van der Waals surface area contributed by atoms with E-state index in [2.05, 4.69) is 5.32 Å². The third-order valence-corrected chi connectivity index (χ3v) is 4.26. The molecule has 0 aromatic heterocycles. The largest absolute Gasteiger partial charge is 0.493 e. The molecule has 0 bridgehead atoms. The number of nitrogens with one attached hydrogen (secondary N) is 1. The molecule has 1 aromatic rings. The fraction of sp³-hybridized carbons (Fsp3) is 0.611. The van der Waals surface area contributed by atoms with E-state index >= 15 is 0 Å². The van der Waals surface area contributed by atoms with Crippen LogP contribution < -0.4 is 14.8 Å². The third-order valence-electron chi connectivity index (χ3n) is 4.26. The van der Waals surface area contributed by atoms with Crippen LogP contribution in [0.2, 0.25) is 0 Å². The monoisotopic (exact) mass is 305 g/mol. The van der Waals surface area contributed by atoms with E-state index < -0.39 is 0 Å². The van der Waals surface area contributed by atoms with Gasteiger partial charge in [0.2, 0.25) is 0 Å². The van der Waals surface area contributed by atoms with Gasteiger partial charge in [0.25, 0.3) is 5.91 Å². The van der Waals surface area contributed by atoms with E-state index in [4.69, 9.17) is 9.47 Å². The summed E-state index contributed by atoms with van der Waals surface area (Å²) in [6, 6.07) is 5.67. The predicted octanol–water partition coefficient (Wildman–Crippen LogP) is 3.47. The molecule has 2 rings (SSSR count). The van der Waals surface area contributed by atoms with Crippen molar-refractivity contribution in [2.75, 3.05) is 20.3 Å². The summed E-state index contributed by atoms with van der Waals surface area (Å²) in [6.07, 6.45) is 7.78. The van der Waals surface area contributed by atoms with Gasteiger partial charge in [-0.3, -0.25) is 4.79 Å². The van der Waals surface area contributed by atoms with Crippen LogP contribution in [-0.2, 0) is 4.79 Å². The zero-order valence-corrected chi connectivity index (χ0v) is 13.7. The lowest BCUT2D eigenvalue weighted by Gasteiger charge is -2.12. The van der Waals surface area contributed by atoms with Gasteiger partial charge in [-0.2, -0.15) is 0 Å². The van der Waals surface area contributed by atoms with E-state index in [9.17, 15) is 4.79 Å². The summed E-state index contributed by atoms with van der Waals surface area (Å²) in [4.78, 5) is 11.8. The lowest BCUT2D eigenvalue weighted by Crippen LogP contribution is -2.29. The van der Waals surface area contributed by atoms with Crippen LogP contribution in [0.25, 0.3) is 0 Å². The molecule has 1 fully saturated rings. The molecule has 1 aliphatic carbocycles. The molecule has 0 saturated heterocycles. The Morgan fingerprint density at radius 3 is 2.77 bits per heavy atom. The average molecular weight is 305 g/mol. The summed E-state index contributed by atoms with van der Waals surface area (Å²) >= 11 is 0. The molecule has 0 spiro atoms. The Kier molecular flexibility index (Phi) is 6.56. The Morgan fingerprint density at radius 1 is 1.27 bits per heavy atom. The number of amides is 1. The number of carbonyl (C=O) groups excluding carboxylic acids is 1.